The van der Waals surface area contributed by atoms with Crippen LogP contribution in [-0.4, -0.2) is 63.2 Å². The fourth-order valence-corrected chi connectivity index (χ4v) is 5.40. The van der Waals surface area contributed by atoms with Crippen LogP contribution in [0.4, 0.5) is 19.0 Å². The van der Waals surface area contributed by atoms with Gasteiger partial charge in [-0.3, -0.25) is 14.3 Å². The van der Waals surface area contributed by atoms with Gasteiger partial charge in [-0.05, 0) is 37.5 Å². The first-order valence-corrected chi connectivity index (χ1v) is 13.7. The summed E-state index contributed by atoms with van der Waals surface area (Å²) >= 11 is 0. The second-order valence-electron chi connectivity index (χ2n) is 10.4. The largest absolute Gasteiger partial charge is 0.390 e. The molecule has 1 amide bonds. The van der Waals surface area contributed by atoms with Crippen LogP contribution in [0.3, 0.4) is 0 Å². The van der Waals surface area contributed by atoms with Gasteiger partial charge < -0.3 is 10.2 Å². The third-order valence-corrected chi connectivity index (χ3v) is 7.68. The van der Waals surface area contributed by atoms with Crippen molar-refractivity contribution in [2.24, 2.45) is 7.05 Å². The summed E-state index contributed by atoms with van der Waals surface area (Å²) in [4.78, 5) is 39.3. The molecule has 41 heavy (non-hydrogen) atoms. The van der Waals surface area contributed by atoms with E-state index in [9.17, 15) is 28.0 Å². The van der Waals surface area contributed by atoms with Crippen molar-refractivity contribution in [3.8, 4) is 6.07 Å². The van der Waals surface area contributed by atoms with E-state index in [1.165, 1.54) is 4.57 Å². The topological polar surface area (TPSA) is 107 Å². The molecular formula is C29H34F3N7O2. The van der Waals surface area contributed by atoms with Crippen molar-refractivity contribution < 1.29 is 18.0 Å². The van der Waals surface area contributed by atoms with E-state index >= 15 is 0 Å². The van der Waals surface area contributed by atoms with Crippen LogP contribution in [0.25, 0.3) is 11.0 Å². The molecule has 1 fully saturated rings. The number of carbonyl (C=O) groups is 1. The molecule has 0 aliphatic carbocycles. The highest BCUT2D eigenvalue weighted by atomic mass is 19.4. The summed E-state index contributed by atoms with van der Waals surface area (Å²) in [7, 11) is 1.60. The van der Waals surface area contributed by atoms with Gasteiger partial charge in [0.2, 0.25) is 5.91 Å². The van der Waals surface area contributed by atoms with Gasteiger partial charge in [0.05, 0.1) is 11.9 Å². The zero-order valence-electron chi connectivity index (χ0n) is 23.6. The smallest absolute Gasteiger partial charge is 0.354 e. The molecule has 1 aliphatic heterocycles. The first kappa shape index (κ1) is 30.0. The molecule has 2 aromatic heterocycles. The number of aryl methyl sites for hydroxylation is 2. The van der Waals surface area contributed by atoms with Gasteiger partial charge in [0.15, 0.2) is 5.82 Å². The number of anilines is 1. The van der Waals surface area contributed by atoms with Crippen molar-refractivity contribution >= 4 is 22.8 Å². The Kier molecular flexibility index (Phi) is 8.97. The van der Waals surface area contributed by atoms with Gasteiger partial charge in [0.1, 0.15) is 23.3 Å². The Morgan fingerprint density at radius 2 is 1.78 bits per heavy atom. The van der Waals surface area contributed by atoms with Gasteiger partial charge in [0.25, 0.3) is 0 Å². The molecule has 1 saturated heterocycles. The fraction of sp³-hybridized carbons (Fsp3) is 0.483. The lowest BCUT2D eigenvalue weighted by molar-refractivity contribution is -0.137. The van der Waals surface area contributed by atoms with E-state index in [0.29, 0.717) is 48.3 Å². The SMILES string of the molecule is CC[C@H]1CN(C(C(=O)NCCC(F)(F)F)c2ccc(C)cc2)[C@H](CC)CN1c1nc(=O)n(C)c2ccc(C#N)nc12. The Labute approximate surface area is 236 Å². The first-order valence-electron chi connectivity index (χ1n) is 13.7. The van der Waals surface area contributed by atoms with Crippen molar-refractivity contribution in [2.75, 3.05) is 24.5 Å². The number of nitrogens with one attached hydrogen (secondary N) is 1. The summed E-state index contributed by atoms with van der Waals surface area (Å²) in [6.45, 7) is 6.20. The van der Waals surface area contributed by atoms with Gasteiger partial charge >= 0.3 is 11.9 Å². The van der Waals surface area contributed by atoms with Crippen LogP contribution in [0.1, 0.15) is 56.0 Å². The summed E-state index contributed by atoms with van der Waals surface area (Å²) in [6.07, 6.45) is -4.22. The predicted molar refractivity (Wildman–Crippen MR) is 149 cm³/mol. The number of benzene rings is 1. The van der Waals surface area contributed by atoms with Crippen LogP contribution in [0.15, 0.2) is 41.2 Å². The second kappa shape index (κ2) is 12.3. The number of hydrogen-bond donors (Lipinski definition) is 1. The molecular weight excluding hydrogens is 535 g/mol. The molecule has 3 aromatic rings. The molecule has 218 valence electrons. The minimum absolute atomic E-state index is 0.191. The number of nitriles is 1. The molecule has 1 aliphatic rings. The van der Waals surface area contributed by atoms with Crippen molar-refractivity contribution in [2.45, 2.75) is 64.3 Å². The standard InChI is InChI=1S/C29H34F3N7O2/c1-5-21-17-39(26-24-23(37(4)28(41)36-26)12-11-20(15-33)35-24)22(6-2)16-38(21)25(19-9-7-18(3)8-10-19)27(40)34-14-13-29(30,31)32/h7-12,21-22,25H,5-6,13-14,16-17H2,1-4H3,(H,34,40)/t21-,22+,25?/m1/s1. The average molecular weight is 570 g/mol. The number of carbonyl (C=O) groups excluding carboxylic acids is 1. The Morgan fingerprint density at radius 3 is 2.39 bits per heavy atom. The van der Waals surface area contributed by atoms with E-state index in [0.717, 1.165) is 5.56 Å². The van der Waals surface area contributed by atoms with Gasteiger partial charge in [0, 0.05) is 38.8 Å². The van der Waals surface area contributed by atoms with Crippen LogP contribution >= 0.6 is 0 Å². The quantitative estimate of drug-likeness (QED) is 0.437. The molecule has 3 heterocycles. The monoisotopic (exact) mass is 569 g/mol. The molecule has 1 N–H and O–H groups in total. The van der Waals surface area contributed by atoms with Gasteiger partial charge in [-0.15, -0.1) is 0 Å². The first-order chi connectivity index (χ1) is 19.5. The lowest BCUT2D eigenvalue weighted by Gasteiger charge is -2.49. The fourth-order valence-electron chi connectivity index (χ4n) is 5.40. The summed E-state index contributed by atoms with van der Waals surface area (Å²) in [6, 6.07) is 11.5. The number of hydrogen-bond acceptors (Lipinski definition) is 7. The van der Waals surface area contributed by atoms with Crippen LogP contribution in [0, 0.1) is 18.3 Å². The number of aromatic nitrogens is 3. The summed E-state index contributed by atoms with van der Waals surface area (Å²) in [5.74, 6) is -0.107. The van der Waals surface area contributed by atoms with E-state index in [1.807, 2.05) is 56.0 Å². The van der Waals surface area contributed by atoms with Crippen molar-refractivity contribution in [1.82, 2.24) is 24.8 Å². The van der Waals surface area contributed by atoms with Gasteiger partial charge in [-0.1, -0.05) is 43.7 Å². The van der Waals surface area contributed by atoms with Crippen LogP contribution < -0.4 is 15.9 Å². The molecule has 0 spiro atoms. The predicted octanol–water partition coefficient (Wildman–Crippen LogP) is 4.00. The minimum atomic E-state index is -4.38. The molecule has 9 nitrogen and oxygen atoms in total. The lowest BCUT2D eigenvalue weighted by Crippen LogP contribution is -2.61. The Bertz CT molecular complexity index is 1500. The third-order valence-electron chi connectivity index (χ3n) is 7.68. The number of rotatable bonds is 8. The Morgan fingerprint density at radius 1 is 1.10 bits per heavy atom. The number of halogens is 3. The summed E-state index contributed by atoms with van der Waals surface area (Å²) < 4.78 is 39.9. The molecule has 0 saturated carbocycles. The van der Waals surface area contributed by atoms with E-state index in [2.05, 4.69) is 20.2 Å². The number of amides is 1. The summed E-state index contributed by atoms with van der Waals surface area (Å²) in [5, 5.41) is 12.0. The second-order valence-corrected chi connectivity index (χ2v) is 10.4. The van der Waals surface area contributed by atoms with Crippen molar-refractivity contribution in [3.05, 3.63) is 63.7 Å². The zero-order chi connectivity index (χ0) is 29.9. The molecule has 0 bridgehead atoms. The zero-order valence-corrected chi connectivity index (χ0v) is 23.6. The number of alkyl halides is 3. The number of piperazine rings is 1. The van der Waals surface area contributed by atoms with Crippen molar-refractivity contribution in [3.63, 3.8) is 0 Å². The molecule has 3 atom stereocenters. The van der Waals surface area contributed by atoms with Crippen LogP contribution in [0.2, 0.25) is 0 Å². The molecule has 0 radical (unpaired) electrons. The highest BCUT2D eigenvalue weighted by molar-refractivity contribution is 5.87. The maximum Gasteiger partial charge on any atom is 0.390 e. The summed E-state index contributed by atoms with van der Waals surface area (Å²) in [5.41, 5.74) is 2.43. The van der Waals surface area contributed by atoms with Gasteiger partial charge in [-0.25, -0.2) is 9.78 Å². The molecule has 12 heteroatoms. The number of nitrogens with zero attached hydrogens (tertiary/aromatic N) is 6. The molecule has 1 aromatic carbocycles. The number of fused-ring (bicyclic) bond motifs is 1. The minimum Gasteiger partial charge on any atom is -0.354 e. The molecule has 4 rings (SSSR count). The van der Waals surface area contributed by atoms with Gasteiger partial charge in [-0.2, -0.15) is 23.4 Å². The average Bonchev–Trinajstić information content (AvgIpc) is 2.94. The Balaban J connectivity index is 1.74. The Hall–Kier alpha value is -3.98. The lowest BCUT2D eigenvalue weighted by atomic mass is 9.95. The number of pyridine rings is 1. The maximum atomic E-state index is 13.5. The van der Waals surface area contributed by atoms with E-state index in [4.69, 9.17) is 0 Å². The highest BCUT2D eigenvalue weighted by Gasteiger charge is 2.41. The van der Waals surface area contributed by atoms with Crippen molar-refractivity contribution in [1.29, 1.82) is 5.26 Å². The van der Waals surface area contributed by atoms with Crippen LogP contribution in [0.5, 0.6) is 0 Å². The third kappa shape index (κ3) is 6.51. The van der Waals surface area contributed by atoms with E-state index < -0.39 is 36.8 Å². The maximum absolute atomic E-state index is 13.5. The van der Waals surface area contributed by atoms with Crippen LogP contribution in [-0.2, 0) is 11.8 Å². The molecule has 1 unspecified atom stereocenters. The normalized spacial score (nSPS) is 18.7. The highest BCUT2D eigenvalue weighted by Crippen LogP contribution is 2.34. The van der Waals surface area contributed by atoms with E-state index in [1.54, 1.807) is 19.2 Å². The van der Waals surface area contributed by atoms with E-state index in [-0.39, 0.29) is 17.8 Å².